The second kappa shape index (κ2) is 7.60. The van der Waals surface area contributed by atoms with Gasteiger partial charge in [-0.2, -0.15) is 0 Å². The average Bonchev–Trinajstić information content (AvgIpc) is 2.37. The molecular weight excluding hydrogens is 313 g/mol. The third-order valence-corrected chi connectivity index (χ3v) is 3.43. The van der Waals surface area contributed by atoms with Gasteiger partial charge in [-0.1, -0.05) is 19.9 Å². The van der Waals surface area contributed by atoms with Gasteiger partial charge in [-0.3, -0.25) is 4.79 Å². The smallest absolute Gasteiger partial charge is 0.254 e. The molecule has 1 aromatic carbocycles. The number of carbonyl (C=O) groups excluding carboxylic acids is 1. The highest BCUT2D eigenvalue weighted by Gasteiger charge is 2.20. The van der Waals surface area contributed by atoms with E-state index < -0.39 is 11.7 Å². The molecule has 1 atom stereocenters. The molecule has 0 bridgehead atoms. The summed E-state index contributed by atoms with van der Waals surface area (Å²) in [5.41, 5.74) is 0.0384. The van der Waals surface area contributed by atoms with Crippen molar-refractivity contribution in [2.45, 2.75) is 26.8 Å². The minimum absolute atomic E-state index is 0.0384. The molecule has 1 N–H and O–H groups in total. The summed E-state index contributed by atoms with van der Waals surface area (Å²) in [6.07, 6.45) is 0. The highest BCUT2D eigenvalue weighted by atomic mass is 79.9. The third kappa shape index (κ3) is 4.58. The van der Waals surface area contributed by atoms with Gasteiger partial charge in [-0.25, -0.2) is 4.39 Å². The van der Waals surface area contributed by atoms with Crippen LogP contribution in [0.5, 0.6) is 0 Å². The topological polar surface area (TPSA) is 38.3 Å². The zero-order valence-corrected chi connectivity index (χ0v) is 13.0. The van der Waals surface area contributed by atoms with Crippen LogP contribution in [0.25, 0.3) is 0 Å². The Morgan fingerprint density at radius 1 is 1.47 bits per heavy atom. The molecule has 5 heteroatoms. The van der Waals surface area contributed by atoms with Crippen LogP contribution in [0.2, 0.25) is 0 Å². The van der Waals surface area contributed by atoms with Gasteiger partial charge >= 0.3 is 0 Å². The normalized spacial score (nSPS) is 12.5. The first-order chi connectivity index (χ1) is 8.97. The molecule has 1 unspecified atom stereocenters. The van der Waals surface area contributed by atoms with Crippen LogP contribution in [-0.2, 0) is 4.74 Å². The van der Waals surface area contributed by atoms with E-state index in [1.54, 1.807) is 12.1 Å². The largest absolute Gasteiger partial charge is 0.380 e. The molecule has 0 aliphatic carbocycles. The van der Waals surface area contributed by atoms with Crippen LogP contribution in [0, 0.1) is 11.7 Å². The summed E-state index contributed by atoms with van der Waals surface area (Å²) in [4.78, 5) is 12.1. The SMILES string of the molecule is CCOCC(NC(=O)c1cccc(Br)c1F)C(C)C. The number of benzene rings is 1. The van der Waals surface area contributed by atoms with Crippen molar-refractivity contribution < 1.29 is 13.9 Å². The number of amides is 1. The van der Waals surface area contributed by atoms with Gasteiger partial charge in [0.05, 0.1) is 22.7 Å². The molecular formula is C14H19BrFNO2. The summed E-state index contributed by atoms with van der Waals surface area (Å²) in [5.74, 6) is -0.748. The highest BCUT2D eigenvalue weighted by Crippen LogP contribution is 2.18. The van der Waals surface area contributed by atoms with Crippen LogP contribution in [0.15, 0.2) is 22.7 Å². The molecule has 0 saturated heterocycles. The Balaban J connectivity index is 2.79. The molecule has 0 aliphatic rings. The van der Waals surface area contributed by atoms with Gasteiger partial charge in [0.2, 0.25) is 0 Å². The van der Waals surface area contributed by atoms with Gasteiger partial charge in [-0.05, 0) is 40.9 Å². The molecule has 19 heavy (non-hydrogen) atoms. The fraction of sp³-hybridized carbons (Fsp3) is 0.500. The van der Waals surface area contributed by atoms with Gasteiger partial charge in [0.1, 0.15) is 5.82 Å². The minimum atomic E-state index is -0.543. The second-order valence-electron chi connectivity index (χ2n) is 4.58. The molecule has 1 aromatic rings. The van der Waals surface area contributed by atoms with Crippen molar-refractivity contribution in [2.24, 2.45) is 5.92 Å². The lowest BCUT2D eigenvalue weighted by molar-refractivity contribution is 0.0802. The fourth-order valence-electron chi connectivity index (χ4n) is 1.57. The maximum Gasteiger partial charge on any atom is 0.254 e. The Morgan fingerprint density at radius 3 is 2.74 bits per heavy atom. The van der Waals surface area contributed by atoms with Crippen molar-refractivity contribution in [3.8, 4) is 0 Å². The molecule has 106 valence electrons. The first-order valence-electron chi connectivity index (χ1n) is 6.30. The van der Waals surface area contributed by atoms with Crippen molar-refractivity contribution in [1.82, 2.24) is 5.32 Å². The van der Waals surface area contributed by atoms with Crippen molar-refractivity contribution in [2.75, 3.05) is 13.2 Å². The van der Waals surface area contributed by atoms with Crippen LogP contribution in [-0.4, -0.2) is 25.2 Å². The van der Waals surface area contributed by atoms with E-state index in [1.165, 1.54) is 6.07 Å². The molecule has 0 heterocycles. The predicted octanol–water partition coefficient (Wildman–Crippen LogP) is 3.38. The van der Waals surface area contributed by atoms with Crippen LogP contribution in [0.3, 0.4) is 0 Å². The lowest BCUT2D eigenvalue weighted by Crippen LogP contribution is -2.42. The van der Waals surface area contributed by atoms with E-state index in [1.807, 2.05) is 20.8 Å². The van der Waals surface area contributed by atoms with E-state index in [0.29, 0.717) is 13.2 Å². The summed E-state index contributed by atoms with van der Waals surface area (Å²) in [6, 6.07) is 4.53. The molecule has 1 amide bonds. The lowest BCUT2D eigenvalue weighted by Gasteiger charge is -2.22. The van der Waals surface area contributed by atoms with E-state index in [-0.39, 0.29) is 22.0 Å². The summed E-state index contributed by atoms with van der Waals surface area (Å²) < 4.78 is 19.4. The van der Waals surface area contributed by atoms with Gasteiger partial charge in [0.15, 0.2) is 0 Å². The zero-order valence-electron chi connectivity index (χ0n) is 11.4. The number of ether oxygens (including phenoxy) is 1. The molecule has 0 saturated carbocycles. The number of hydrogen-bond donors (Lipinski definition) is 1. The third-order valence-electron chi connectivity index (χ3n) is 2.82. The Kier molecular flexibility index (Phi) is 6.45. The van der Waals surface area contributed by atoms with Crippen LogP contribution >= 0.6 is 15.9 Å². The Bertz CT molecular complexity index is 437. The number of carbonyl (C=O) groups is 1. The number of halogens is 2. The van der Waals surface area contributed by atoms with Crippen LogP contribution in [0.4, 0.5) is 4.39 Å². The van der Waals surface area contributed by atoms with Gasteiger partial charge < -0.3 is 10.1 Å². The summed E-state index contributed by atoms with van der Waals surface area (Å²) in [7, 11) is 0. The standard InChI is InChI=1S/C14H19BrFNO2/c1-4-19-8-12(9(2)3)17-14(18)10-6-5-7-11(15)13(10)16/h5-7,9,12H,4,8H2,1-3H3,(H,17,18). The summed E-state index contributed by atoms with van der Waals surface area (Å²) in [6.45, 7) is 6.88. The number of hydrogen-bond acceptors (Lipinski definition) is 2. The van der Waals surface area contributed by atoms with Crippen LogP contribution in [0.1, 0.15) is 31.1 Å². The first kappa shape index (κ1) is 16.1. The second-order valence-corrected chi connectivity index (χ2v) is 5.44. The van der Waals surface area contributed by atoms with E-state index in [9.17, 15) is 9.18 Å². The molecule has 0 aliphatic heterocycles. The molecule has 3 nitrogen and oxygen atoms in total. The van der Waals surface area contributed by atoms with Crippen LogP contribution < -0.4 is 5.32 Å². The lowest BCUT2D eigenvalue weighted by atomic mass is 10.0. The molecule has 0 aromatic heterocycles. The minimum Gasteiger partial charge on any atom is -0.380 e. The number of rotatable bonds is 6. The summed E-state index contributed by atoms with van der Waals surface area (Å²) >= 11 is 3.07. The van der Waals surface area contributed by atoms with Gasteiger partial charge in [0, 0.05) is 6.61 Å². The monoisotopic (exact) mass is 331 g/mol. The quantitative estimate of drug-likeness (QED) is 0.867. The predicted molar refractivity (Wildman–Crippen MR) is 76.7 cm³/mol. The maximum absolute atomic E-state index is 13.8. The van der Waals surface area contributed by atoms with Crippen molar-refractivity contribution >= 4 is 21.8 Å². The molecule has 0 spiro atoms. The molecule has 1 rings (SSSR count). The fourth-order valence-corrected chi connectivity index (χ4v) is 1.94. The first-order valence-corrected chi connectivity index (χ1v) is 7.09. The molecule has 0 fully saturated rings. The van der Waals surface area contributed by atoms with E-state index in [0.717, 1.165) is 0 Å². The summed E-state index contributed by atoms with van der Waals surface area (Å²) in [5, 5.41) is 2.81. The van der Waals surface area contributed by atoms with Crippen molar-refractivity contribution in [3.63, 3.8) is 0 Å². The van der Waals surface area contributed by atoms with Crippen molar-refractivity contribution in [1.29, 1.82) is 0 Å². The number of nitrogens with one attached hydrogen (secondary N) is 1. The van der Waals surface area contributed by atoms with E-state index in [2.05, 4.69) is 21.2 Å². The van der Waals surface area contributed by atoms with Gasteiger partial charge in [-0.15, -0.1) is 0 Å². The average molecular weight is 332 g/mol. The maximum atomic E-state index is 13.8. The van der Waals surface area contributed by atoms with Gasteiger partial charge in [0.25, 0.3) is 5.91 Å². The Morgan fingerprint density at radius 2 is 2.16 bits per heavy atom. The van der Waals surface area contributed by atoms with Crippen molar-refractivity contribution in [3.05, 3.63) is 34.1 Å². The molecule has 0 radical (unpaired) electrons. The van der Waals surface area contributed by atoms with E-state index in [4.69, 9.17) is 4.74 Å². The zero-order chi connectivity index (χ0) is 14.4. The van der Waals surface area contributed by atoms with E-state index >= 15 is 0 Å². The Hall–Kier alpha value is -0.940. The highest BCUT2D eigenvalue weighted by molar-refractivity contribution is 9.10. The Labute approximate surface area is 121 Å².